The highest BCUT2D eigenvalue weighted by Crippen LogP contribution is 2.36. The van der Waals surface area contributed by atoms with Crippen LogP contribution in [-0.2, 0) is 0 Å². The zero-order chi connectivity index (χ0) is 11.0. The highest BCUT2D eigenvalue weighted by atomic mass is 16.3. The van der Waals surface area contributed by atoms with Gasteiger partial charge in [-0.3, -0.25) is 4.90 Å². The largest absolute Gasteiger partial charge is 0.392 e. The van der Waals surface area contributed by atoms with Crippen LogP contribution < -0.4 is 5.73 Å². The van der Waals surface area contributed by atoms with Crippen molar-refractivity contribution in [1.29, 1.82) is 0 Å². The van der Waals surface area contributed by atoms with Crippen molar-refractivity contribution in [2.45, 2.75) is 51.3 Å². The first kappa shape index (κ1) is 11.4. The fourth-order valence-electron chi connectivity index (χ4n) is 3.19. The van der Waals surface area contributed by atoms with Gasteiger partial charge in [-0.15, -0.1) is 0 Å². The first-order valence-corrected chi connectivity index (χ1v) is 6.27. The zero-order valence-electron chi connectivity index (χ0n) is 9.89. The summed E-state index contributed by atoms with van der Waals surface area (Å²) in [5.41, 5.74) is 6.17. The van der Waals surface area contributed by atoms with Gasteiger partial charge in [-0.25, -0.2) is 0 Å². The Morgan fingerprint density at radius 3 is 2.60 bits per heavy atom. The molecular weight excluding hydrogens is 188 g/mol. The predicted molar refractivity (Wildman–Crippen MR) is 61.5 cm³/mol. The smallest absolute Gasteiger partial charge is 0.0664 e. The van der Waals surface area contributed by atoms with Gasteiger partial charge >= 0.3 is 0 Å². The summed E-state index contributed by atoms with van der Waals surface area (Å²) >= 11 is 0. The molecule has 15 heavy (non-hydrogen) atoms. The van der Waals surface area contributed by atoms with Crippen LogP contribution in [0.3, 0.4) is 0 Å². The number of hydrogen-bond donors (Lipinski definition) is 2. The molecule has 5 atom stereocenters. The fraction of sp³-hybridized carbons (Fsp3) is 1.00. The van der Waals surface area contributed by atoms with Crippen molar-refractivity contribution < 1.29 is 5.11 Å². The van der Waals surface area contributed by atoms with Gasteiger partial charge in [0.05, 0.1) is 6.10 Å². The highest BCUT2D eigenvalue weighted by molar-refractivity contribution is 4.95. The van der Waals surface area contributed by atoms with Gasteiger partial charge in [0.25, 0.3) is 0 Å². The van der Waals surface area contributed by atoms with Gasteiger partial charge in [-0.05, 0) is 38.5 Å². The van der Waals surface area contributed by atoms with E-state index in [1.54, 1.807) is 0 Å². The molecule has 0 amide bonds. The maximum Gasteiger partial charge on any atom is 0.0664 e. The predicted octanol–water partition coefficient (Wildman–Crippen LogP) is 0.815. The van der Waals surface area contributed by atoms with Gasteiger partial charge in [-0.1, -0.05) is 6.42 Å². The maximum atomic E-state index is 9.61. The zero-order valence-corrected chi connectivity index (χ0v) is 9.89. The Bertz CT molecular complexity index is 220. The average Bonchev–Trinajstić information content (AvgIpc) is 2.61. The van der Waals surface area contributed by atoms with Crippen LogP contribution in [0.4, 0.5) is 0 Å². The molecule has 1 saturated carbocycles. The molecule has 0 aromatic carbocycles. The lowest BCUT2D eigenvalue weighted by atomic mass is 9.78. The summed E-state index contributed by atoms with van der Waals surface area (Å²) in [6.45, 7) is 6.24. The van der Waals surface area contributed by atoms with Crippen molar-refractivity contribution in [2.75, 3.05) is 13.1 Å². The normalized spacial score (nSPS) is 41.2. The van der Waals surface area contributed by atoms with Crippen LogP contribution in [0.25, 0.3) is 0 Å². The summed E-state index contributed by atoms with van der Waals surface area (Å²) in [4.78, 5) is 2.42. The third-order valence-corrected chi connectivity index (χ3v) is 4.46. The first-order chi connectivity index (χ1) is 7.09. The lowest BCUT2D eigenvalue weighted by molar-refractivity contribution is 0.0818. The van der Waals surface area contributed by atoms with E-state index in [0.29, 0.717) is 12.0 Å². The van der Waals surface area contributed by atoms with Gasteiger partial charge in [0.2, 0.25) is 0 Å². The van der Waals surface area contributed by atoms with Crippen molar-refractivity contribution in [3.63, 3.8) is 0 Å². The van der Waals surface area contributed by atoms with Gasteiger partial charge in [-0.2, -0.15) is 0 Å². The van der Waals surface area contributed by atoms with Crippen LogP contribution in [0.1, 0.15) is 33.1 Å². The summed E-state index contributed by atoms with van der Waals surface area (Å²) in [5, 5.41) is 9.61. The molecule has 88 valence electrons. The topological polar surface area (TPSA) is 49.5 Å². The van der Waals surface area contributed by atoms with Crippen molar-refractivity contribution in [1.82, 2.24) is 4.90 Å². The lowest BCUT2D eigenvalue weighted by Gasteiger charge is -2.30. The summed E-state index contributed by atoms with van der Waals surface area (Å²) in [6, 6.07) is 0.678. The molecule has 0 aromatic heterocycles. The van der Waals surface area contributed by atoms with Crippen molar-refractivity contribution in [3.8, 4) is 0 Å². The quantitative estimate of drug-likeness (QED) is 0.712. The molecule has 0 spiro atoms. The third-order valence-electron chi connectivity index (χ3n) is 4.46. The minimum absolute atomic E-state index is 0.235. The first-order valence-electron chi connectivity index (χ1n) is 6.27. The number of aliphatic hydroxyl groups is 1. The van der Waals surface area contributed by atoms with E-state index in [2.05, 4.69) is 11.8 Å². The average molecular weight is 212 g/mol. The van der Waals surface area contributed by atoms with Gasteiger partial charge in [0, 0.05) is 25.2 Å². The molecule has 1 saturated heterocycles. The minimum atomic E-state index is -0.235. The molecular formula is C12H24N2O. The molecule has 0 aromatic rings. The molecule has 2 fully saturated rings. The molecule has 1 aliphatic carbocycles. The number of fused-ring (bicyclic) bond motifs is 1. The van der Waals surface area contributed by atoms with Crippen LogP contribution in [0, 0.1) is 11.8 Å². The van der Waals surface area contributed by atoms with E-state index < -0.39 is 0 Å². The summed E-state index contributed by atoms with van der Waals surface area (Å²) in [6.07, 6.45) is 3.58. The molecule has 3 heteroatoms. The van der Waals surface area contributed by atoms with Crippen LogP contribution in [0.2, 0.25) is 0 Å². The number of aliphatic hydroxyl groups excluding tert-OH is 1. The second kappa shape index (κ2) is 4.40. The van der Waals surface area contributed by atoms with E-state index in [-0.39, 0.29) is 12.1 Å². The van der Waals surface area contributed by atoms with Crippen molar-refractivity contribution in [2.24, 2.45) is 17.6 Å². The highest BCUT2D eigenvalue weighted by Gasteiger charge is 2.40. The third kappa shape index (κ3) is 2.19. The SMILES string of the molecule is CC(O)C(C)N1CC2CCCC(N)C2C1. The van der Waals surface area contributed by atoms with Crippen molar-refractivity contribution >= 4 is 0 Å². The van der Waals surface area contributed by atoms with E-state index >= 15 is 0 Å². The molecule has 0 bridgehead atoms. The number of hydrogen-bond acceptors (Lipinski definition) is 3. The summed E-state index contributed by atoms with van der Waals surface area (Å²) in [5.74, 6) is 1.47. The number of nitrogens with two attached hydrogens (primary N) is 1. The molecule has 5 unspecified atom stereocenters. The monoisotopic (exact) mass is 212 g/mol. The molecule has 2 aliphatic rings. The summed E-state index contributed by atoms with van der Waals surface area (Å²) < 4.78 is 0. The van der Waals surface area contributed by atoms with E-state index in [4.69, 9.17) is 5.73 Å². The number of likely N-dealkylation sites (tertiary alicyclic amines) is 1. The summed E-state index contributed by atoms with van der Waals surface area (Å²) in [7, 11) is 0. The second-order valence-corrected chi connectivity index (χ2v) is 5.45. The molecule has 1 aliphatic heterocycles. The lowest BCUT2D eigenvalue weighted by Crippen LogP contribution is -2.40. The fourth-order valence-corrected chi connectivity index (χ4v) is 3.19. The van der Waals surface area contributed by atoms with E-state index in [1.165, 1.54) is 19.3 Å². The van der Waals surface area contributed by atoms with Crippen molar-refractivity contribution in [3.05, 3.63) is 0 Å². The van der Waals surface area contributed by atoms with Crippen LogP contribution >= 0.6 is 0 Å². The van der Waals surface area contributed by atoms with Gasteiger partial charge in [0.15, 0.2) is 0 Å². The van der Waals surface area contributed by atoms with E-state index in [9.17, 15) is 5.11 Å². The van der Waals surface area contributed by atoms with E-state index in [1.807, 2.05) is 6.92 Å². The minimum Gasteiger partial charge on any atom is -0.392 e. The molecule has 0 radical (unpaired) electrons. The standard InChI is InChI=1S/C12H24N2O/c1-8(9(2)15)14-6-10-4-3-5-12(13)11(10)7-14/h8-12,15H,3-7,13H2,1-2H3. The van der Waals surface area contributed by atoms with E-state index in [0.717, 1.165) is 19.0 Å². The number of rotatable bonds is 2. The maximum absolute atomic E-state index is 9.61. The Kier molecular flexibility index (Phi) is 3.33. The second-order valence-electron chi connectivity index (χ2n) is 5.45. The molecule has 2 rings (SSSR count). The molecule has 1 heterocycles. The molecule has 3 N–H and O–H groups in total. The Labute approximate surface area is 92.6 Å². The number of nitrogens with zero attached hydrogens (tertiary/aromatic N) is 1. The Morgan fingerprint density at radius 1 is 1.27 bits per heavy atom. The van der Waals surface area contributed by atoms with Gasteiger partial charge in [0.1, 0.15) is 0 Å². The van der Waals surface area contributed by atoms with Crippen LogP contribution in [0.15, 0.2) is 0 Å². The Morgan fingerprint density at radius 2 is 2.00 bits per heavy atom. The van der Waals surface area contributed by atoms with Crippen LogP contribution in [-0.4, -0.2) is 41.3 Å². The Balaban J connectivity index is 1.97. The van der Waals surface area contributed by atoms with Gasteiger partial charge < -0.3 is 10.8 Å². The molecule has 3 nitrogen and oxygen atoms in total. The Hall–Kier alpha value is -0.120. The van der Waals surface area contributed by atoms with Crippen LogP contribution in [0.5, 0.6) is 0 Å².